The first kappa shape index (κ1) is 12.6. The number of rotatable bonds is 4. The molecule has 0 aliphatic rings. The topological polar surface area (TPSA) is 85.1 Å². The van der Waals surface area contributed by atoms with Gasteiger partial charge in [-0.15, -0.1) is 0 Å². The Balaban J connectivity index is 2.63. The first-order valence-corrected chi connectivity index (χ1v) is 6.53. The molecule has 0 aliphatic heterocycles. The Hall–Kier alpha value is -1.43. The number of aromatic nitrogens is 1. The first-order valence-electron chi connectivity index (χ1n) is 4.81. The second kappa shape index (κ2) is 5.60. The minimum atomic E-state index is -0.909. The van der Waals surface area contributed by atoms with E-state index in [0.717, 1.165) is 5.69 Å². The number of amides is 1. The molecule has 88 valence electrons. The van der Waals surface area contributed by atoms with Crippen molar-refractivity contribution in [2.75, 3.05) is 24.3 Å². The summed E-state index contributed by atoms with van der Waals surface area (Å²) in [6, 6.07) is 1.65. The third kappa shape index (κ3) is 3.62. The highest BCUT2D eigenvalue weighted by Crippen LogP contribution is 2.10. The first-order chi connectivity index (χ1) is 7.50. The lowest BCUT2D eigenvalue weighted by molar-refractivity contribution is 0.0956. The van der Waals surface area contributed by atoms with Crippen molar-refractivity contribution in [2.24, 2.45) is 0 Å². The molecular formula is C10H15N3O2S. The van der Waals surface area contributed by atoms with E-state index in [1.54, 1.807) is 19.2 Å². The van der Waals surface area contributed by atoms with Gasteiger partial charge in [0.1, 0.15) is 0 Å². The van der Waals surface area contributed by atoms with Crippen LogP contribution in [0.15, 0.2) is 12.3 Å². The van der Waals surface area contributed by atoms with Gasteiger partial charge in [-0.2, -0.15) is 0 Å². The highest BCUT2D eigenvalue weighted by Gasteiger charge is 2.09. The molecule has 1 rings (SSSR count). The number of anilines is 1. The van der Waals surface area contributed by atoms with Crippen LogP contribution in [0.4, 0.5) is 5.69 Å². The van der Waals surface area contributed by atoms with Gasteiger partial charge < -0.3 is 11.1 Å². The highest BCUT2D eigenvalue weighted by molar-refractivity contribution is 7.84. The molecule has 5 nitrogen and oxygen atoms in total. The third-order valence-corrected chi connectivity index (χ3v) is 2.77. The average Bonchev–Trinajstić information content (AvgIpc) is 2.16. The maximum Gasteiger partial charge on any atom is 0.254 e. The van der Waals surface area contributed by atoms with Gasteiger partial charge in [-0.1, -0.05) is 0 Å². The minimum absolute atomic E-state index is 0.282. The molecule has 1 heterocycles. The van der Waals surface area contributed by atoms with E-state index in [-0.39, 0.29) is 5.91 Å². The molecule has 1 unspecified atom stereocenters. The maximum atomic E-state index is 11.6. The van der Waals surface area contributed by atoms with Crippen LogP contribution in [0.1, 0.15) is 16.1 Å². The van der Waals surface area contributed by atoms with Gasteiger partial charge in [0.15, 0.2) is 0 Å². The van der Waals surface area contributed by atoms with E-state index in [0.29, 0.717) is 23.5 Å². The van der Waals surface area contributed by atoms with Crippen molar-refractivity contribution in [1.82, 2.24) is 10.3 Å². The van der Waals surface area contributed by atoms with Crippen LogP contribution in [0.3, 0.4) is 0 Å². The van der Waals surface area contributed by atoms with Gasteiger partial charge in [0, 0.05) is 46.9 Å². The van der Waals surface area contributed by atoms with Crippen molar-refractivity contribution in [3.8, 4) is 0 Å². The minimum Gasteiger partial charge on any atom is -0.398 e. The van der Waals surface area contributed by atoms with Gasteiger partial charge in [-0.05, 0) is 13.0 Å². The summed E-state index contributed by atoms with van der Waals surface area (Å²) in [4.78, 5) is 15.6. The zero-order valence-corrected chi connectivity index (χ0v) is 10.1. The van der Waals surface area contributed by atoms with Crippen LogP contribution in [0.5, 0.6) is 0 Å². The quantitative estimate of drug-likeness (QED) is 0.781. The summed E-state index contributed by atoms with van der Waals surface area (Å²) in [6.07, 6.45) is 3.04. The molecule has 0 saturated heterocycles. The van der Waals surface area contributed by atoms with Gasteiger partial charge in [0.05, 0.1) is 5.56 Å². The zero-order chi connectivity index (χ0) is 12.1. The van der Waals surface area contributed by atoms with Gasteiger partial charge >= 0.3 is 0 Å². The fourth-order valence-corrected chi connectivity index (χ4v) is 1.56. The molecular weight excluding hydrogens is 226 g/mol. The van der Waals surface area contributed by atoms with Crippen molar-refractivity contribution in [3.05, 3.63) is 23.5 Å². The van der Waals surface area contributed by atoms with E-state index in [1.807, 2.05) is 0 Å². The molecule has 0 bridgehead atoms. The van der Waals surface area contributed by atoms with E-state index < -0.39 is 10.8 Å². The van der Waals surface area contributed by atoms with E-state index >= 15 is 0 Å². The molecule has 3 N–H and O–H groups in total. The Bertz CT molecular complexity index is 421. The number of nitrogens with zero attached hydrogens (tertiary/aromatic N) is 1. The van der Waals surface area contributed by atoms with Crippen molar-refractivity contribution in [3.63, 3.8) is 0 Å². The number of carbonyl (C=O) groups is 1. The third-order valence-electron chi connectivity index (χ3n) is 1.99. The summed E-state index contributed by atoms with van der Waals surface area (Å²) in [6.45, 7) is 2.17. The number of hydrogen-bond donors (Lipinski definition) is 2. The molecule has 0 spiro atoms. The Morgan fingerprint density at radius 1 is 1.62 bits per heavy atom. The number of nitrogen functional groups attached to an aromatic ring is 1. The SMILES string of the molecule is Cc1cc(N)c(C(=O)NCCS(C)=O)cn1. The van der Waals surface area contributed by atoms with E-state index in [2.05, 4.69) is 10.3 Å². The lowest BCUT2D eigenvalue weighted by Crippen LogP contribution is -2.28. The molecule has 1 aromatic heterocycles. The molecule has 0 aliphatic carbocycles. The summed E-state index contributed by atoms with van der Waals surface area (Å²) in [5, 5.41) is 2.64. The second-order valence-corrected chi connectivity index (χ2v) is 5.00. The number of hydrogen-bond acceptors (Lipinski definition) is 4. The Morgan fingerprint density at radius 2 is 2.31 bits per heavy atom. The van der Waals surface area contributed by atoms with E-state index in [1.165, 1.54) is 6.20 Å². The van der Waals surface area contributed by atoms with Gasteiger partial charge in [-0.3, -0.25) is 14.0 Å². The predicted molar refractivity (Wildman–Crippen MR) is 64.7 cm³/mol. The van der Waals surface area contributed by atoms with Crippen LogP contribution in [0, 0.1) is 6.92 Å². The van der Waals surface area contributed by atoms with Crippen molar-refractivity contribution in [2.45, 2.75) is 6.92 Å². The molecule has 0 radical (unpaired) electrons. The fourth-order valence-electron chi connectivity index (χ4n) is 1.17. The highest BCUT2D eigenvalue weighted by atomic mass is 32.2. The Labute approximate surface area is 96.9 Å². The van der Waals surface area contributed by atoms with Crippen LogP contribution in [-0.2, 0) is 10.8 Å². The largest absolute Gasteiger partial charge is 0.398 e. The van der Waals surface area contributed by atoms with E-state index in [9.17, 15) is 9.00 Å². The number of aryl methyl sites for hydroxylation is 1. The summed E-state index contributed by atoms with van der Waals surface area (Å²) in [5.41, 5.74) is 7.22. The van der Waals surface area contributed by atoms with Gasteiger partial charge in [0.2, 0.25) is 0 Å². The normalized spacial score (nSPS) is 12.1. The second-order valence-electron chi connectivity index (χ2n) is 3.45. The summed E-state index contributed by atoms with van der Waals surface area (Å²) in [7, 11) is -0.909. The molecule has 1 atom stereocenters. The molecule has 0 aromatic carbocycles. The fraction of sp³-hybridized carbons (Fsp3) is 0.400. The van der Waals surface area contributed by atoms with Crippen molar-refractivity contribution < 1.29 is 9.00 Å². The smallest absolute Gasteiger partial charge is 0.254 e. The van der Waals surface area contributed by atoms with Gasteiger partial charge in [0.25, 0.3) is 5.91 Å². The lowest BCUT2D eigenvalue weighted by atomic mass is 10.2. The van der Waals surface area contributed by atoms with Crippen LogP contribution in [-0.4, -0.2) is 33.7 Å². The number of nitrogens with one attached hydrogen (secondary N) is 1. The number of nitrogens with two attached hydrogens (primary N) is 1. The van der Waals surface area contributed by atoms with Crippen LogP contribution >= 0.6 is 0 Å². The van der Waals surface area contributed by atoms with Crippen LogP contribution < -0.4 is 11.1 Å². The maximum absolute atomic E-state index is 11.6. The van der Waals surface area contributed by atoms with Crippen molar-refractivity contribution in [1.29, 1.82) is 0 Å². The average molecular weight is 241 g/mol. The van der Waals surface area contributed by atoms with E-state index in [4.69, 9.17) is 5.73 Å². The number of carbonyl (C=O) groups excluding carboxylic acids is 1. The molecule has 0 saturated carbocycles. The standard InChI is InChI=1S/C10H15N3O2S/c1-7-5-9(11)8(6-13-7)10(14)12-3-4-16(2)15/h5-6H,3-4H2,1-2H3,(H2,11,13)(H,12,14). The number of pyridine rings is 1. The summed E-state index contributed by atoms with van der Waals surface area (Å²) >= 11 is 0. The van der Waals surface area contributed by atoms with Crippen LogP contribution in [0.25, 0.3) is 0 Å². The molecule has 0 fully saturated rings. The zero-order valence-electron chi connectivity index (χ0n) is 9.32. The Morgan fingerprint density at radius 3 is 2.88 bits per heavy atom. The molecule has 16 heavy (non-hydrogen) atoms. The van der Waals surface area contributed by atoms with Crippen molar-refractivity contribution >= 4 is 22.4 Å². The Kier molecular flexibility index (Phi) is 4.42. The summed E-state index contributed by atoms with van der Waals surface area (Å²) < 4.78 is 10.8. The van der Waals surface area contributed by atoms with Crippen LogP contribution in [0.2, 0.25) is 0 Å². The van der Waals surface area contributed by atoms with Gasteiger partial charge in [-0.25, -0.2) is 0 Å². The lowest BCUT2D eigenvalue weighted by Gasteiger charge is -2.06. The monoisotopic (exact) mass is 241 g/mol. The molecule has 1 aromatic rings. The molecule has 6 heteroatoms. The summed E-state index contributed by atoms with van der Waals surface area (Å²) in [5.74, 6) is 0.153. The molecule has 1 amide bonds. The predicted octanol–water partition coefficient (Wildman–Crippen LogP) is 0.0805.